The Morgan fingerprint density at radius 1 is 1.32 bits per heavy atom. The van der Waals surface area contributed by atoms with Crippen LogP contribution in [0.1, 0.15) is 15.6 Å². The highest BCUT2D eigenvalue weighted by molar-refractivity contribution is 7.71. The van der Waals surface area contributed by atoms with Gasteiger partial charge in [0.2, 0.25) is 4.77 Å². The largest absolute Gasteiger partial charge is 0.250 e. The van der Waals surface area contributed by atoms with Gasteiger partial charge >= 0.3 is 0 Å². The van der Waals surface area contributed by atoms with E-state index in [4.69, 9.17) is 12.2 Å². The molecule has 3 rings (SSSR count). The fourth-order valence-electron chi connectivity index (χ4n) is 1.61. The summed E-state index contributed by atoms with van der Waals surface area (Å²) in [5.41, 5.74) is 0. The van der Waals surface area contributed by atoms with E-state index in [1.807, 2.05) is 23.6 Å². The molecule has 4 nitrogen and oxygen atoms in total. The predicted octanol–water partition coefficient (Wildman–Crippen LogP) is 3.54. The first-order valence-electron chi connectivity index (χ1n) is 5.59. The van der Waals surface area contributed by atoms with Crippen molar-refractivity contribution in [1.82, 2.24) is 14.9 Å². The molecule has 3 aromatic rings. The molecular weight excluding hydrogens is 296 g/mol. The number of hydrogen-bond acceptors (Lipinski definition) is 5. The van der Waals surface area contributed by atoms with E-state index in [1.165, 1.54) is 4.88 Å². The summed E-state index contributed by atoms with van der Waals surface area (Å²) >= 11 is 8.54. The Morgan fingerprint density at radius 2 is 2.16 bits per heavy atom. The zero-order chi connectivity index (χ0) is 13.1. The monoisotopic (exact) mass is 306 g/mol. The number of aromatic amines is 1. The van der Waals surface area contributed by atoms with E-state index in [0.717, 1.165) is 17.1 Å². The van der Waals surface area contributed by atoms with Gasteiger partial charge in [-0.05, 0) is 35.1 Å². The molecule has 0 aliphatic rings. The maximum Gasteiger partial charge on any atom is 0.216 e. The minimum Gasteiger partial charge on any atom is -0.250 e. The minimum atomic E-state index is 0.513. The Kier molecular flexibility index (Phi) is 3.67. The summed E-state index contributed by atoms with van der Waals surface area (Å²) < 4.78 is 2.19. The van der Waals surface area contributed by atoms with Crippen molar-refractivity contribution in [3.63, 3.8) is 0 Å². The highest BCUT2D eigenvalue weighted by Crippen LogP contribution is 2.14. The van der Waals surface area contributed by atoms with Gasteiger partial charge in [-0.25, -0.2) is 0 Å². The SMILES string of the molecule is S=c1[nH]nc(Cc2cccs2)n1/N=C\c1cccs1. The van der Waals surface area contributed by atoms with Crippen molar-refractivity contribution < 1.29 is 0 Å². The molecule has 0 fully saturated rings. The lowest BCUT2D eigenvalue weighted by Crippen LogP contribution is -1.99. The maximum atomic E-state index is 5.20. The van der Waals surface area contributed by atoms with E-state index >= 15 is 0 Å². The maximum absolute atomic E-state index is 5.20. The van der Waals surface area contributed by atoms with Crippen LogP contribution < -0.4 is 0 Å². The molecular formula is C12H10N4S3. The lowest BCUT2D eigenvalue weighted by Gasteiger charge is -1.98. The number of nitrogens with zero attached hydrogens (tertiary/aromatic N) is 3. The molecule has 0 aliphatic heterocycles. The van der Waals surface area contributed by atoms with Crippen LogP contribution in [0.25, 0.3) is 0 Å². The standard InChI is InChI=1S/C12H10N4S3/c17-12-15-14-11(7-9-3-1-5-18-9)16(12)13-8-10-4-2-6-19-10/h1-6,8H,7H2,(H,15,17)/b13-8-. The second-order valence-corrected chi connectivity index (χ2v) is 6.17. The third-order valence-corrected chi connectivity index (χ3v) is 4.42. The van der Waals surface area contributed by atoms with Gasteiger partial charge in [0.15, 0.2) is 5.82 Å². The van der Waals surface area contributed by atoms with E-state index in [2.05, 4.69) is 26.7 Å². The highest BCUT2D eigenvalue weighted by Gasteiger charge is 2.06. The molecule has 0 bridgehead atoms. The quantitative estimate of drug-likeness (QED) is 0.592. The van der Waals surface area contributed by atoms with E-state index < -0.39 is 0 Å². The van der Waals surface area contributed by atoms with Crippen LogP contribution in [-0.4, -0.2) is 21.1 Å². The second kappa shape index (κ2) is 5.60. The molecule has 19 heavy (non-hydrogen) atoms. The summed E-state index contributed by atoms with van der Waals surface area (Å²) in [4.78, 5) is 2.33. The lowest BCUT2D eigenvalue weighted by molar-refractivity contribution is 0.795. The summed E-state index contributed by atoms with van der Waals surface area (Å²) in [5.74, 6) is 0.820. The second-order valence-electron chi connectivity index (χ2n) is 3.77. The third kappa shape index (κ3) is 2.89. The Hall–Kier alpha value is -1.57. The van der Waals surface area contributed by atoms with Crippen molar-refractivity contribution in [3.05, 3.63) is 55.4 Å². The van der Waals surface area contributed by atoms with Crippen LogP contribution in [0.3, 0.4) is 0 Å². The summed E-state index contributed by atoms with van der Waals surface area (Å²) in [7, 11) is 0. The van der Waals surface area contributed by atoms with Gasteiger partial charge < -0.3 is 0 Å². The Bertz CT molecular complexity index is 719. The van der Waals surface area contributed by atoms with Crippen LogP contribution in [0.15, 0.2) is 40.1 Å². The first kappa shape index (κ1) is 12.5. The fraction of sp³-hybridized carbons (Fsp3) is 0.0833. The molecule has 0 saturated carbocycles. The molecule has 96 valence electrons. The number of rotatable bonds is 4. The minimum absolute atomic E-state index is 0.513. The first-order chi connectivity index (χ1) is 9.33. The molecule has 1 N–H and O–H groups in total. The van der Waals surface area contributed by atoms with Gasteiger partial charge in [0, 0.05) is 16.2 Å². The molecule has 0 spiro atoms. The predicted molar refractivity (Wildman–Crippen MR) is 81.8 cm³/mol. The van der Waals surface area contributed by atoms with Gasteiger partial charge in [0.25, 0.3) is 0 Å². The number of hydrogen-bond donors (Lipinski definition) is 1. The van der Waals surface area contributed by atoms with Crippen LogP contribution in [0.2, 0.25) is 0 Å². The van der Waals surface area contributed by atoms with E-state index in [0.29, 0.717) is 4.77 Å². The summed E-state index contributed by atoms with van der Waals surface area (Å²) in [6, 6.07) is 8.11. The molecule has 0 saturated heterocycles. The van der Waals surface area contributed by atoms with Crippen LogP contribution >= 0.6 is 34.9 Å². The molecule has 0 atom stereocenters. The molecule has 7 heteroatoms. The van der Waals surface area contributed by atoms with E-state index in [9.17, 15) is 0 Å². The normalized spacial score (nSPS) is 11.4. The zero-order valence-electron chi connectivity index (χ0n) is 9.81. The lowest BCUT2D eigenvalue weighted by atomic mass is 10.3. The van der Waals surface area contributed by atoms with E-state index in [1.54, 1.807) is 33.6 Å². The van der Waals surface area contributed by atoms with Crippen molar-refractivity contribution >= 4 is 41.1 Å². The summed E-state index contributed by atoms with van der Waals surface area (Å²) in [6.07, 6.45) is 2.53. The topological polar surface area (TPSA) is 46.0 Å². The van der Waals surface area contributed by atoms with Crippen LogP contribution in [-0.2, 0) is 6.42 Å². The number of nitrogens with one attached hydrogen (secondary N) is 1. The Morgan fingerprint density at radius 3 is 2.89 bits per heavy atom. The average molecular weight is 306 g/mol. The molecule has 0 unspecified atom stereocenters. The molecule has 0 amide bonds. The summed E-state index contributed by atoms with van der Waals surface area (Å²) in [6.45, 7) is 0. The van der Waals surface area contributed by atoms with E-state index in [-0.39, 0.29) is 0 Å². The van der Waals surface area contributed by atoms with Crippen molar-refractivity contribution in [3.8, 4) is 0 Å². The molecule has 0 aromatic carbocycles. The van der Waals surface area contributed by atoms with Crippen LogP contribution in [0.5, 0.6) is 0 Å². The Balaban J connectivity index is 1.88. The van der Waals surface area contributed by atoms with Gasteiger partial charge in [0.05, 0.1) is 6.21 Å². The van der Waals surface area contributed by atoms with Crippen molar-refractivity contribution in [1.29, 1.82) is 0 Å². The number of thiophene rings is 2. The van der Waals surface area contributed by atoms with Gasteiger partial charge in [-0.15, -0.1) is 22.7 Å². The smallest absolute Gasteiger partial charge is 0.216 e. The molecule has 3 heterocycles. The third-order valence-electron chi connectivity index (χ3n) is 2.47. The van der Waals surface area contributed by atoms with Crippen molar-refractivity contribution in [2.24, 2.45) is 5.10 Å². The van der Waals surface area contributed by atoms with Gasteiger partial charge in [-0.1, -0.05) is 12.1 Å². The van der Waals surface area contributed by atoms with Crippen molar-refractivity contribution in [2.45, 2.75) is 6.42 Å². The average Bonchev–Trinajstić information content (AvgIpc) is 3.12. The van der Waals surface area contributed by atoms with Crippen LogP contribution in [0, 0.1) is 4.77 Å². The fourth-order valence-corrected chi connectivity index (χ4v) is 3.09. The number of H-pyrrole nitrogens is 1. The summed E-state index contributed by atoms with van der Waals surface area (Å²) in [5, 5.41) is 15.5. The Labute approximate surface area is 123 Å². The molecule has 0 radical (unpaired) electrons. The molecule has 0 aliphatic carbocycles. The van der Waals surface area contributed by atoms with Crippen LogP contribution in [0.4, 0.5) is 0 Å². The zero-order valence-corrected chi connectivity index (χ0v) is 12.3. The molecule has 3 aromatic heterocycles. The highest BCUT2D eigenvalue weighted by atomic mass is 32.1. The van der Waals surface area contributed by atoms with Gasteiger partial charge in [0.1, 0.15) is 0 Å². The van der Waals surface area contributed by atoms with Gasteiger partial charge in [-0.3, -0.25) is 5.10 Å². The first-order valence-corrected chi connectivity index (χ1v) is 7.76. The van der Waals surface area contributed by atoms with Crippen molar-refractivity contribution in [2.75, 3.05) is 0 Å². The number of aromatic nitrogens is 3. The van der Waals surface area contributed by atoms with Gasteiger partial charge in [-0.2, -0.15) is 14.9 Å².